The van der Waals surface area contributed by atoms with Crippen LogP contribution in [0.3, 0.4) is 0 Å². The number of phenolic OH excluding ortho intramolecular Hbond substituents is 1. The van der Waals surface area contributed by atoms with E-state index >= 15 is 0 Å². The topological polar surface area (TPSA) is 56.1 Å². The van der Waals surface area contributed by atoms with Crippen molar-refractivity contribution in [2.24, 2.45) is 0 Å². The van der Waals surface area contributed by atoms with E-state index in [1.165, 1.54) is 0 Å². The number of hydrogen-bond acceptors (Lipinski definition) is 3. The summed E-state index contributed by atoms with van der Waals surface area (Å²) >= 11 is 5.91. The maximum atomic E-state index is 9.40. The molecule has 1 aromatic rings. The van der Waals surface area contributed by atoms with Gasteiger partial charge in [-0.2, -0.15) is 0 Å². The SMILES string of the molecule is CN/C(Cl)=C(/C)C(=N)c1ccc(O)c(C)c1. The van der Waals surface area contributed by atoms with Gasteiger partial charge in [0.25, 0.3) is 0 Å². The summed E-state index contributed by atoms with van der Waals surface area (Å²) in [7, 11) is 1.71. The molecule has 0 aliphatic heterocycles. The number of benzene rings is 1. The largest absolute Gasteiger partial charge is 0.508 e. The average molecular weight is 239 g/mol. The number of aromatic hydroxyl groups is 1. The molecule has 4 heteroatoms. The monoisotopic (exact) mass is 238 g/mol. The Balaban J connectivity index is 3.11. The van der Waals surface area contributed by atoms with Crippen LogP contribution in [0.25, 0.3) is 0 Å². The van der Waals surface area contributed by atoms with Gasteiger partial charge in [0, 0.05) is 18.2 Å². The molecule has 0 heterocycles. The number of phenols is 1. The summed E-state index contributed by atoms with van der Waals surface area (Å²) in [5.41, 5.74) is 2.51. The van der Waals surface area contributed by atoms with Gasteiger partial charge in [-0.1, -0.05) is 11.6 Å². The molecule has 0 fully saturated rings. The lowest BCUT2D eigenvalue weighted by molar-refractivity contribution is 0.471. The Morgan fingerprint density at radius 3 is 2.56 bits per heavy atom. The lowest BCUT2D eigenvalue weighted by atomic mass is 10.0. The molecule has 0 aliphatic rings. The summed E-state index contributed by atoms with van der Waals surface area (Å²) in [6.45, 7) is 3.58. The van der Waals surface area contributed by atoms with Crippen LogP contribution in [-0.2, 0) is 0 Å². The van der Waals surface area contributed by atoms with E-state index in [4.69, 9.17) is 17.0 Å². The number of nitrogens with one attached hydrogen (secondary N) is 2. The van der Waals surface area contributed by atoms with Gasteiger partial charge in [-0.15, -0.1) is 0 Å². The molecule has 0 spiro atoms. The zero-order chi connectivity index (χ0) is 12.3. The van der Waals surface area contributed by atoms with Crippen LogP contribution in [0.2, 0.25) is 0 Å². The Labute approximate surface area is 100 Å². The van der Waals surface area contributed by atoms with E-state index in [0.717, 1.165) is 11.1 Å². The molecule has 0 amide bonds. The van der Waals surface area contributed by atoms with Gasteiger partial charge in [0.15, 0.2) is 0 Å². The molecule has 0 aliphatic carbocycles. The number of halogens is 1. The van der Waals surface area contributed by atoms with Crippen molar-refractivity contribution >= 4 is 17.3 Å². The van der Waals surface area contributed by atoms with Crippen molar-refractivity contribution in [1.29, 1.82) is 5.41 Å². The number of allylic oxidation sites excluding steroid dienone is 1. The zero-order valence-corrected chi connectivity index (χ0v) is 10.3. The third-order valence-electron chi connectivity index (χ3n) is 2.41. The maximum Gasteiger partial charge on any atom is 0.118 e. The lowest BCUT2D eigenvalue weighted by Gasteiger charge is -2.09. The normalized spacial score (nSPS) is 12.0. The molecule has 86 valence electrons. The first-order valence-electron chi connectivity index (χ1n) is 4.90. The first-order valence-corrected chi connectivity index (χ1v) is 5.28. The minimum absolute atomic E-state index is 0.234. The van der Waals surface area contributed by atoms with Gasteiger partial charge in [-0.3, -0.25) is 5.41 Å². The minimum atomic E-state index is 0.234. The molecular formula is C12H15ClN2O. The molecule has 0 bridgehead atoms. The van der Waals surface area contributed by atoms with Gasteiger partial charge in [0.05, 0.1) is 5.71 Å². The number of hydrogen-bond donors (Lipinski definition) is 3. The smallest absolute Gasteiger partial charge is 0.118 e. The van der Waals surface area contributed by atoms with Gasteiger partial charge < -0.3 is 10.4 Å². The van der Waals surface area contributed by atoms with Crippen molar-refractivity contribution in [1.82, 2.24) is 5.32 Å². The van der Waals surface area contributed by atoms with E-state index in [-0.39, 0.29) is 5.75 Å². The van der Waals surface area contributed by atoms with Crippen LogP contribution >= 0.6 is 11.6 Å². The fourth-order valence-corrected chi connectivity index (χ4v) is 1.42. The molecule has 0 atom stereocenters. The van der Waals surface area contributed by atoms with Crippen molar-refractivity contribution in [2.45, 2.75) is 13.8 Å². The predicted octanol–water partition coefficient (Wildman–Crippen LogP) is 2.76. The summed E-state index contributed by atoms with van der Waals surface area (Å²) in [6.07, 6.45) is 0. The van der Waals surface area contributed by atoms with E-state index in [2.05, 4.69) is 5.32 Å². The predicted molar refractivity (Wildman–Crippen MR) is 67.3 cm³/mol. The van der Waals surface area contributed by atoms with Crippen LogP contribution in [0.4, 0.5) is 0 Å². The second-order valence-corrected chi connectivity index (χ2v) is 3.94. The molecule has 0 radical (unpaired) electrons. The summed E-state index contributed by atoms with van der Waals surface area (Å²) in [4.78, 5) is 0. The highest BCUT2D eigenvalue weighted by Crippen LogP contribution is 2.20. The van der Waals surface area contributed by atoms with E-state index < -0.39 is 0 Å². The second-order valence-electron chi connectivity index (χ2n) is 3.57. The molecule has 1 aromatic carbocycles. The summed E-state index contributed by atoms with van der Waals surface area (Å²) in [6, 6.07) is 5.05. The summed E-state index contributed by atoms with van der Waals surface area (Å²) in [5.74, 6) is 0.234. The van der Waals surface area contributed by atoms with Gasteiger partial charge >= 0.3 is 0 Å². The molecule has 3 N–H and O–H groups in total. The van der Waals surface area contributed by atoms with E-state index in [9.17, 15) is 5.11 Å². The molecule has 0 saturated carbocycles. The first kappa shape index (κ1) is 12.6. The zero-order valence-electron chi connectivity index (χ0n) is 9.56. The Kier molecular flexibility index (Phi) is 3.96. The van der Waals surface area contributed by atoms with Crippen molar-refractivity contribution in [3.63, 3.8) is 0 Å². The van der Waals surface area contributed by atoms with Gasteiger partial charge in [-0.05, 0) is 37.6 Å². The Morgan fingerprint density at radius 1 is 1.44 bits per heavy atom. The maximum absolute atomic E-state index is 9.40. The quantitative estimate of drug-likeness (QED) is 0.560. The van der Waals surface area contributed by atoms with Crippen LogP contribution in [0, 0.1) is 12.3 Å². The van der Waals surface area contributed by atoms with Gasteiger partial charge in [0.2, 0.25) is 0 Å². The Morgan fingerprint density at radius 2 is 2.06 bits per heavy atom. The van der Waals surface area contributed by atoms with Crippen molar-refractivity contribution in [3.8, 4) is 5.75 Å². The standard InChI is InChI=1S/C12H15ClN2O/c1-7-6-9(4-5-10(7)16)11(14)8(2)12(13)15-3/h4-6,14-16H,1-3H3/b12-8-,14-11?. The molecule has 0 aromatic heterocycles. The van der Waals surface area contributed by atoms with Gasteiger partial charge in [-0.25, -0.2) is 0 Å². The van der Waals surface area contributed by atoms with Crippen LogP contribution in [0.15, 0.2) is 28.9 Å². The third kappa shape index (κ3) is 2.55. The number of aryl methyl sites for hydroxylation is 1. The highest BCUT2D eigenvalue weighted by Gasteiger charge is 2.08. The molecule has 0 saturated heterocycles. The fraction of sp³-hybridized carbons (Fsp3) is 0.250. The van der Waals surface area contributed by atoms with Crippen molar-refractivity contribution < 1.29 is 5.11 Å². The van der Waals surface area contributed by atoms with Crippen molar-refractivity contribution in [2.75, 3.05) is 7.05 Å². The average Bonchev–Trinajstić information content (AvgIpc) is 2.29. The van der Waals surface area contributed by atoms with E-state index in [1.54, 1.807) is 39.1 Å². The van der Waals surface area contributed by atoms with Crippen LogP contribution in [-0.4, -0.2) is 17.9 Å². The summed E-state index contributed by atoms with van der Waals surface area (Å²) in [5, 5.41) is 20.6. The Bertz CT molecular complexity index is 452. The van der Waals surface area contributed by atoms with E-state index in [1.807, 2.05) is 0 Å². The Hall–Kier alpha value is -1.48. The molecular weight excluding hydrogens is 224 g/mol. The molecule has 0 unspecified atom stereocenters. The summed E-state index contributed by atoms with van der Waals surface area (Å²) < 4.78 is 0. The van der Waals surface area contributed by atoms with Crippen LogP contribution in [0.1, 0.15) is 18.1 Å². The van der Waals surface area contributed by atoms with Gasteiger partial charge in [0.1, 0.15) is 10.9 Å². The number of rotatable bonds is 3. The van der Waals surface area contributed by atoms with Crippen molar-refractivity contribution in [3.05, 3.63) is 40.1 Å². The van der Waals surface area contributed by atoms with E-state index in [0.29, 0.717) is 16.4 Å². The van der Waals surface area contributed by atoms with Crippen LogP contribution in [0.5, 0.6) is 5.75 Å². The van der Waals surface area contributed by atoms with Crippen LogP contribution < -0.4 is 5.32 Å². The highest BCUT2D eigenvalue weighted by atomic mass is 35.5. The first-order chi connectivity index (χ1) is 7.47. The third-order valence-corrected chi connectivity index (χ3v) is 2.88. The highest BCUT2D eigenvalue weighted by molar-refractivity contribution is 6.32. The second kappa shape index (κ2) is 5.03. The minimum Gasteiger partial charge on any atom is -0.508 e. The molecule has 16 heavy (non-hydrogen) atoms. The lowest BCUT2D eigenvalue weighted by Crippen LogP contribution is -2.09. The fourth-order valence-electron chi connectivity index (χ4n) is 1.32. The molecule has 1 rings (SSSR count). The molecule has 3 nitrogen and oxygen atoms in total.